The fraction of sp³-hybridized carbons (Fsp3) is 0.368. The standard InChI is InChI=1S/C19H21N3O3/c1-21-12-14(11-20-21)15-7-3-4-9-22(15)19(23)17-10-13-6-5-8-16(24-2)18(13)25-17/h5-6,8,10-12,15H,3-4,7,9H2,1-2H3. The second-order valence-electron chi connectivity index (χ2n) is 6.45. The fourth-order valence-corrected chi connectivity index (χ4v) is 3.58. The van der Waals surface area contributed by atoms with Gasteiger partial charge in [-0.25, -0.2) is 0 Å². The molecule has 1 aromatic carbocycles. The van der Waals surface area contributed by atoms with Gasteiger partial charge in [-0.3, -0.25) is 9.48 Å². The summed E-state index contributed by atoms with van der Waals surface area (Å²) in [7, 11) is 3.49. The predicted molar refractivity (Wildman–Crippen MR) is 93.6 cm³/mol. The zero-order valence-corrected chi connectivity index (χ0v) is 14.4. The SMILES string of the molecule is COc1cccc2cc(C(=O)N3CCCCC3c3cnn(C)c3)oc12. The van der Waals surface area contributed by atoms with Crippen LogP contribution < -0.4 is 4.74 Å². The number of ether oxygens (including phenoxy) is 1. The number of hydrogen-bond acceptors (Lipinski definition) is 4. The summed E-state index contributed by atoms with van der Waals surface area (Å²) in [6.45, 7) is 0.729. The molecule has 25 heavy (non-hydrogen) atoms. The highest BCUT2D eigenvalue weighted by molar-refractivity contribution is 5.97. The Morgan fingerprint density at radius 1 is 1.36 bits per heavy atom. The Bertz CT molecular complexity index is 912. The van der Waals surface area contributed by atoms with Crippen LogP contribution in [0.2, 0.25) is 0 Å². The summed E-state index contributed by atoms with van der Waals surface area (Å²) in [5, 5.41) is 5.13. The van der Waals surface area contributed by atoms with E-state index in [1.807, 2.05) is 42.5 Å². The lowest BCUT2D eigenvalue weighted by Gasteiger charge is -2.34. The molecule has 1 amide bonds. The molecule has 1 unspecified atom stereocenters. The third-order valence-electron chi connectivity index (χ3n) is 4.81. The van der Waals surface area contributed by atoms with Crippen molar-refractivity contribution in [2.45, 2.75) is 25.3 Å². The van der Waals surface area contributed by atoms with E-state index < -0.39 is 0 Å². The van der Waals surface area contributed by atoms with E-state index in [2.05, 4.69) is 5.10 Å². The zero-order chi connectivity index (χ0) is 17.4. The van der Waals surface area contributed by atoms with Gasteiger partial charge in [-0.15, -0.1) is 0 Å². The van der Waals surface area contributed by atoms with Crippen LogP contribution in [0.25, 0.3) is 11.0 Å². The number of furan rings is 1. The van der Waals surface area contributed by atoms with Gasteiger partial charge in [0, 0.05) is 30.7 Å². The normalized spacial score (nSPS) is 17.8. The quantitative estimate of drug-likeness (QED) is 0.732. The molecule has 0 radical (unpaired) electrons. The van der Waals surface area contributed by atoms with Gasteiger partial charge in [0.2, 0.25) is 0 Å². The molecule has 3 aromatic rings. The molecule has 1 saturated heterocycles. The first-order chi connectivity index (χ1) is 12.2. The minimum atomic E-state index is -0.0770. The molecule has 4 rings (SSSR count). The van der Waals surface area contributed by atoms with Gasteiger partial charge in [-0.2, -0.15) is 5.10 Å². The van der Waals surface area contributed by atoms with Crippen molar-refractivity contribution >= 4 is 16.9 Å². The average molecular weight is 339 g/mol. The maximum absolute atomic E-state index is 13.1. The van der Waals surface area contributed by atoms with E-state index >= 15 is 0 Å². The van der Waals surface area contributed by atoms with Crippen LogP contribution in [0.1, 0.15) is 41.4 Å². The van der Waals surface area contributed by atoms with Crippen molar-refractivity contribution < 1.29 is 13.9 Å². The molecular weight excluding hydrogens is 318 g/mol. The average Bonchev–Trinajstić information content (AvgIpc) is 3.27. The van der Waals surface area contributed by atoms with Gasteiger partial charge in [0.05, 0.1) is 19.3 Å². The smallest absolute Gasteiger partial charge is 0.290 e. The number of methoxy groups -OCH3 is 1. The number of carbonyl (C=O) groups excluding carboxylic acids is 1. The number of likely N-dealkylation sites (tertiary alicyclic amines) is 1. The molecule has 6 nitrogen and oxygen atoms in total. The van der Waals surface area contributed by atoms with E-state index in [0.29, 0.717) is 17.1 Å². The molecule has 0 N–H and O–H groups in total. The van der Waals surface area contributed by atoms with Gasteiger partial charge in [-0.05, 0) is 31.4 Å². The fourth-order valence-electron chi connectivity index (χ4n) is 3.58. The van der Waals surface area contributed by atoms with Crippen molar-refractivity contribution in [3.05, 3.63) is 48.0 Å². The van der Waals surface area contributed by atoms with Gasteiger partial charge in [0.1, 0.15) is 0 Å². The first-order valence-electron chi connectivity index (χ1n) is 8.53. The summed E-state index contributed by atoms with van der Waals surface area (Å²) < 4.78 is 13.0. The summed E-state index contributed by atoms with van der Waals surface area (Å²) in [6.07, 6.45) is 6.89. The highest BCUT2D eigenvalue weighted by atomic mass is 16.5. The molecule has 1 fully saturated rings. The highest BCUT2D eigenvalue weighted by Gasteiger charge is 2.31. The molecule has 0 spiro atoms. The molecule has 2 aromatic heterocycles. The molecule has 1 atom stereocenters. The maximum atomic E-state index is 13.1. The van der Waals surface area contributed by atoms with Crippen molar-refractivity contribution in [1.29, 1.82) is 0 Å². The summed E-state index contributed by atoms with van der Waals surface area (Å²) >= 11 is 0. The first-order valence-corrected chi connectivity index (χ1v) is 8.53. The van der Waals surface area contributed by atoms with Crippen LogP contribution >= 0.6 is 0 Å². The van der Waals surface area contributed by atoms with Crippen LogP contribution in [0.15, 0.2) is 41.1 Å². The lowest BCUT2D eigenvalue weighted by Crippen LogP contribution is -2.38. The van der Waals surface area contributed by atoms with E-state index in [-0.39, 0.29) is 11.9 Å². The number of piperidine rings is 1. The number of benzene rings is 1. The van der Waals surface area contributed by atoms with Crippen LogP contribution in [0.4, 0.5) is 0 Å². The van der Waals surface area contributed by atoms with E-state index in [1.54, 1.807) is 17.9 Å². The number of carbonyl (C=O) groups is 1. The lowest BCUT2D eigenvalue weighted by molar-refractivity contribution is 0.0581. The number of para-hydroxylation sites is 1. The van der Waals surface area contributed by atoms with E-state index in [1.165, 1.54) is 0 Å². The molecule has 0 saturated carbocycles. The van der Waals surface area contributed by atoms with E-state index in [4.69, 9.17) is 9.15 Å². The lowest BCUT2D eigenvalue weighted by atomic mass is 9.97. The van der Waals surface area contributed by atoms with E-state index in [0.717, 1.165) is 36.8 Å². The first kappa shape index (κ1) is 15.7. The van der Waals surface area contributed by atoms with Crippen LogP contribution in [0.5, 0.6) is 5.75 Å². The van der Waals surface area contributed by atoms with Gasteiger partial charge in [-0.1, -0.05) is 12.1 Å². The Morgan fingerprint density at radius 3 is 3.00 bits per heavy atom. The summed E-state index contributed by atoms with van der Waals surface area (Å²) in [5.74, 6) is 0.918. The van der Waals surface area contributed by atoms with Gasteiger partial charge in [0.15, 0.2) is 17.1 Å². The maximum Gasteiger partial charge on any atom is 0.290 e. The molecule has 0 bridgehead atoms. The summed E-state index contributed by atoms with van der Waals surface area (Å²) in [6, 6.07) is 7.50. The van der Waals surface area contributed by atoms with Crippen LogP contribution in [-0.2, 0) is 7.05 Å². The third kappa shape index (κ3) is 2.77. The highest BCUT2D eigenvalue weighted by Crippen LogP contribution is 2.34. The Hall–Kier alpha value is -2.76. The molecule has 130 valence electrons. The van der Waals surface area contributed by atoms with Crippen molar-refractivity contribution in [1.82, 2.24) is 14.7 Å². The van der Waals surface area contributed by atoms with Gasteiger partial charge >= 0.3 is 0 Å². The molecule has 3 heterocycles. The minimum Gasteiger partial charge on any atom is -0.493 e. The van der Waals surface area contributed by atoms with Crippen molar-refractivity contribution in [3.8, 4) is 5.75 Å². The second-order valence-corrected chi connectivity index (χ2v) is 6.45. The van der Waals surface area contributed by atoms with Crippen LogP contribution in [-0.4, -0.2) is 34.2 Å². The Labute approximate surface area is 146 Å². The topological polar surface area (TPSA) is 60.5 Å². The molecular formula is C19H21N3O3. The van der Waals surface area contributed by atoms with Crippen molar-refractivity contribution in [2.75, 3.05) is 13.7 Å². The van der Waals surface area contributed by atoms with Gasteiger partial charge in [0.25, 0.3) is 5.91 Å². The zero-order valence-electron chi connectivity index (χ0n) is 14.4. The number of aryl methyl sites for hydroxylation is 1. The van der Waals surface area contributed by atoms with Gasteiger partial charge < -0.3 is 14.1 Å². The van der Waals surface area contributed by atoms with Crippen molar-refractivity contribution in [2.24, 2.45) is 7.05 Å². The number of aromatic nitrogens is 2. The monoisotopic (exact) mass is 339 g/mol. The van der Waals surface area contributed by atoms with Crippen LogP contribution in [0.3, 0.4) is 0 Å². The minimum absolute atomic E-state index is 0.0463. The second kappa shape index (κ2) is 6.27. The third-order valence-corrected chi connectivity index (χ3v) is 4.81. The number of fused-ring (bicyclic) bond motifs is 1. The number of hydrogen-bond donors (Lipinski definition) is 0. The molecule has 0 aliphatic carbocycles. The van der Waals surface area contributed by atoms with Crippen molar-refractivity contribution in [3.63, 3.8) is 0 Å². The molecule has 1 aliphatic rings. The molecule has 1 aliphatic heterocycles. The number of nitrogens with zero attached hydrogens (tertiary/aromatic N) is 3. The Kier molecular flexibility index (Phi) is 3.95. The predicted octanol–water partition coefficient (Wildman–Crippen LogP) is 3.54. The Balaban J connectivity index is 1.68. The summed E-state index contributed by atoms with van der Waals surface area (Å²) in [4.78, 5) is 15.0. The summed E-state index contributed by atoms with van der Waals surface area (Å²) in [5.41, 5.74) is 1.69. The largest absolute Gasteiger partial charge is 0.493 e. The number of amides is 1. The van der Waals surface area contributed by atoms with Crippen LogP contribution in [0, 0.1) is 0 Å². The molecule has 6 heteroatoms. The Morgan fingerprint density at radius 2 is 2.24 bits per heavy atom. The number of rotatable bonds is 3. The van der Waals surface area contributed by atoms with E-state index in [9.17, 15) is 4.79 Å².